The van der Waals surface area contributed by atoms with Crippen LogP contribution < -0.4 is 5.32 Å². The van der Waals surface area contributed by atoms with Crippen LogP contribution in [-0.4, -0.2) is 22.0 Å². The molecule has 1 heterocycles. The van der Waals surface area contributed by atoms with E-state index in [0.29, 0.717) is 0 Å². The summed E-state index contributed by atoms with van der Waals surface area (Å²) in [5, 5.41) is 4.23. The third kappa shape index (κ3) is 2.70. The summed E-state index contributed by atoms with van der Waals surface area (Å²) in [5.41, 5.74) is 1.32. The molecule has 0 saturated heterocycles. The van der Waals surface area contributed by atoms with Gasteiger partial charge in [-0.3, -0.25) is 4.79 Å². The molecule has 0 aromatic heterocycles. The summed E-state index contributed by atoms with van der Waals surface area (Å²) >= 11 is 5.29. The molecule has 1 unspecified atom stereocenters. The molecule has 1 aliphatic carbocycles. The third-order valence-corrected chi connectivity index (χ3v) is 6.54. The van der Waals surface area contributed by atoms with Gasteiger partial charge in [-0.15, -0.1) is 11.8 Å². The number of nitrogens with one attached hydrogen (secondary N) is 1. The molecule has 1 saturated carbocycles. The second-order valence-corrected chi connectivity index (χ2v) is 7.33. The number of amides is 1. The Hall–Kier alpha value is -0.480. The number of rotatable bonds is 3. The van der Waals surface area contributed by atoms with Gasteiger partial charge in [-0.05, 0) is 30.9 Å². The maximum atomic E-state index is 12.5. The molecule has 4 heteroatoms. The van der Waals surface area contributed by atoms with Crippen LogP contribution in [0.25, 0.3) is 0 Å². The maximum absolute atomic E-state index is 12.5. The third-order valence-electron chi connectivity index (χ3n) is 4.14. The molecule has 1 atom stereocenters. The predicted octanol–water partition coefficient (Wildman–Crippen LogP) is 3.53. The van der Waals surface area contributed by atoms with Gasteiger partial charge in [0.1, 0.15) is 0 Å². The van der Waals surface area contributed by atoms with Gasteiger partial charge in [0, 0.05) is 15.8 Å². The number of carbonyl (C=O) groups excluding carboxylic acids is 1. The normalized spacial score (nSPS) is 24.2. The number of fused-ring (bicyclic) bond motifs is 1. The van der Waals surface area contributed by atoms with Gasteiger partial charge in [-0.25, -0.2) is 0 Å². The van der Waals surface area contributed by atoms with E-state index < -0.39 is 0 Å². The van der Waals surface area contributed by atoms with Crippen molar-refractivity contribution in [3.05, 3.63) is 29.8 Å². The van der Waals surface area contributed by atoms with E-state index in [1.165, 1.54) is 23.3 Å². The van der Waals surface area contributed by atoms with Crippen LogP contribution in [0.3, 0.4) is 0 Å². The number of hydrogen-bond donors (Lipinski definition) is 1. The average Bonchev–Trinajstić information content (AvgIpc) is 3.05. The second-order valence-electron chi connectivity index (χ2n) is 5.53. The first kappa shape index (κ1) is 13.5. The Labute approximate surface area is 126 Å². The van der Waals surface area contributed by atoms with Crippen molar-refractivity contribution in [2.45, 2.75) is 47.8 Å². The Balaban J connectivity index is 1.67. The number of carbonyl (C=O) groups is 1. The topological polar surface area (TPSA) is 29.1 Å². The number of benzene rings is 1. The van der Waals surface area contributed by atoms with E-state index in [-0.39, 0.29) is 16.7 Å². The molecule has 1 fully saturated rings. The number of thioether (sulfide) groups is 1. The van der Waals surface area contributed by atoms with Crippen molar-refractivity contribution < 1.29 is 4.79 Å². The molecule has 1 N–H and O–H groups in total. The largest absolute Gasteiger partial charge is 0.349 e. The van der Waals surface area contributed by atoms with Crippen LogP contribution in [0, 0.1) is 0 Å². The van der Waals surface area contributed by atoms with Gasteiger partial charge >= 0.3 is 0 Å². The number of alkyl halides is 1. The summed E-state index contributed by atoms with van der Waals surface area (Å²) in [5.74, 6) is 0.211. The summed E-state index contributed by atoms with van der Waals surface area (Å²) in [6.45, 7) is 0. The van der Waals surface area contributed by atoms with Gasteiger partial charge in [0.25, 0.3) is 0 Å². The molecule has 0 radical (unpaired) electrons. The van der Waals surface area contributed by atoms with Crippen molar-refractivity contribution in [2.24, 2.45) is 0 Å². The maximum Gasteiger partial charge on any atom is 0.234 e. The summed E-state index contributed by atoms with van der Waals surface area (Å²) in [6.07, 6.45) is 5.53. The minimum Gasteiger partial charge on any atom is -0.349 e. The highest BCUT2D eigenvalue weighted by Gasteiger charge is 2.37. The minimum atomic E-state index is 0.00637. The SMILES string of the molecule is O=C(NC1(CBr)CCCC1)C1Cc2ccccc2S1. The van der Waals surface area contributed by atoms with Crippen molar-refractivity contribution >= 4 is 33.6 Å². The molecule has 1 amide bonds. The van der Waals surface area contributed by atoms with Crippen molar-refractivity contribution in [1.29, 1.82) is 0 Å². The highest BCUT2D eigenvalue weighted by Crippen LogP contribution is 2.38. The first-order chi connectivity index (χ1) is 9.22. The lowest BCUT2D eigenvalue weighted by atomic mass is 10.00. The van der Waals surface area contributed by atoms with E-state index in [2.05, 4.69) is 39.4 Å². The van der Waals surface area contributed by atoms with Crippen LogP contribution >= 0.6 is 27.7 Å². The molecule has 19 heavy (non-hydrogen) atoms. The molecule has 1 aliphatic heterocycles. The summed E-state index contributed by atoms with van der Waals surface area (Å²) in [7, 11) is 0. The lowest BCUT2D eigenvalue weighted by Crippen LogP contribution is -2.50. The summed E-state index contributed by atoms with van der Waals surface area (Å²) < 4.78 is 0. The minimum absolute atomic E-state index is 0.00637. The van der Waals surface area contributed by atoms with Crippen molar-refractivity contribution in [1.82, 2.24) is 5.32 Å². The van der Waals surface area contributed by atoms with Crippen molar-refractivity contribution in [3.8, 4) is 0 Å². The van der Waals surface area contributed by atoms with Crippen LogP contribution in [-0.2, 0) is 11.2 Å². The van der Waals surface area contributed by atoms with Gasteiger partial charge in [0.2, 0.25) is 5.91 Å². The van der Waals surface area contributed by atoms with E-state index in [0.717, 1.165) is 24.6 Å². The van der Waals surface area contributed by atoms with Gasteiger partial charge in [0.05, 0.1) is 5.25 Å². The first-order valence-electron chi connectivity index (χ1n) is 6.85. The Morgan fingerprint density at radius 2 is 2.11 bits per heavy atom. The lowest BCUT2D eigenvalue weighted by Gasteiger charge is -2.29. The van der Waals surface area contributed by atoms with Crippen LogP contribution in [0.15, 0.2) is 29.2 Å². The molecule has 2 nitrogen and oxygen atoms in total. The zero-order valence-electron chi connectivity index (χ0n) is 10.8. The highest BCUT2D eigenvalue weighted by atomic mass is 79.9. The fraction of sp³-hybridized carbons (Fsp3) is 0.533. The van der Waals surface area contributed by atoms with Gasteiger partial charge in [-0.2, -0.15) is 0 Å². The fourth-order valence-electron chi connectivity index (χ4n) is 3.01. The predicted molar refractivity (Wildman–Crippen MR) is 82.9 cm³/mol. The molecule has 0 spiro atoms. The Morgan fingerprint density at radius 1 is 1.37 bits per heavy atom. The van der Waals surface area contributed by atoms with Crippen LogP contribution in [0.5, 0.6) is 0 Å². The number of hydrogen-bond acceptors (Lipinski definition) is 2. The van der Waals surface area contributed by atoms with Gasteiger partial charge in [-0.1, -0.05) is 47.0 Å². The quantitative estimate of drug-likeness (QED) is 0.853. The standard InChI is InChI=1S/C15H18BrNOS/c16-10-15(7-3-4-8-15)17-14(18)13-9-11-5-1-2-6-12(11)19-13/h1-2,5-6,13H,3-4,7-10H2,(H,17,18). The fourth-order valence-corrected chi connectivity index (χ4v) is 4.91. The van der Waals surface area contributed by atoms with E-state index in [1.807, 2.05) is 6.07 Å². The van der Waals surface area contributed by atoms with E-state index >= 15 is 0 Å². The monoisotopic (exact) mass is 339 g/mol. The van der Waals surface area contributed by atoms with Gasteiger partial charge in [0.15, 0.2) is 0 Å². The molecule has 0 bridgehead atoms. The molecular weight excluding hydrogens is 322 g/mol. The molecule has 3 rings (SSSR count). The molecular formula is C15H18BrNOS. The van der Waals surface area contributed by atoms with Gasteiger partial charge < -0.3 is 5.32 Å². The van der Waals surface area contributed by atoms with E-state index in [1.54, 1.807) is 11.8 Å². The molecule has 1 aromatic rings. The summed E-state index contributed by atoms with van der Waals surface area (Å²) in [4.78, 5) is 13.7. The van der Waals surface area contributed by atoms with Crippen LogP contribution in [0.4, 0.5) is 0 Å². The van der Waals surface area contributed by atoms with E-state index in [9.17, 15) is 4.79 Å². The molecule has 1 aromatic carbocycles. The average molecular weight is 340 g/mol. The molecule has 102 valence electrons. The smallest absolute Gasteiger partial charge is 0.234 e. The van der Waals surface area contributed by atoms with Crippen molar-refractivity contribution in [3.63, 3.8) is 0 Å². The Morgan fingerprint density at radius 3 is 2.79 bits per heavy atom. The highest BCUT2D eigenvalue weighted by molar-refractivity contribution is 9.09. The number of halogens is 1. The lowest BCUT2D eigenvalue weighted by molar-refractivity contribution is -0.122. The summed E-state index contributed by atoms with van der Waals surface area (Å²) in [6, 6.07) is 8.34. The molecule has 2 aliphatic rings. The van der Waals surface area contributed by atoms with Crippen LogP contribution in [0.1, 0.15) is 31.2 Å². The zero-order valence-corrected chi connectivity index (χ0v) is 13.2. The first-order valence-corrected chi connectivity index (χ1v) is 8.85. The van der Waals surface area contributed by atoms with E-state index in [4.69, 9.17) is 0 Å². The Kier molecular flexibility index (Phi) is 3.90. The van der Waals surface area contributed by atoms with Crippen molar-refractivity contribution in [2.75, 3.05) is 5.33 Å². The second kappa shape index (κ2) is 5.49. The van der Waals surface area contributed by atoms with Crippen LogP contribution in [0.2, 0.25) is 0 Å². The zero-order chi connectivity index (χ0) is 13.3. The Bertz CT molecular complexity index is 460.